The van der Waals surface area contributed by atoms with E-state index in [0.29, 0.717) is 5.54 Å². The molecule has 62 valence electrons. The van der Waals surface area contributed by atoms with E-state index in [-0.39, 0.29) is 52.8 Å². The number of hydrogen-bond acceptors (Lipinski definition) is 1. The van der Waals surface area contributed by atoms with E-state index >= 15 is 0 Å². The minimum Gasteiger partial charge on any atom is -1.00 e. The fourth-order valence-electron chi connectivity index (χ4n) is 1.65. The second-order valence-corrected chi connectivity index (χ2v) is 4.12. The summed E-state index contributed by atoms with van der Waals surface area (Å²) in [7, 11) is 2.23. The molecule has 1 heterocycles. The molecule has 0 aromatic carbocycles. The molecule has 0 amide bonds. The molecule has 2 heteroatoms. The minimum absolute atomic E-state index is 0. The van der Waals surface area contributed by atoms with Crippen LogP contribution in [0.1, 0.15) is 35.0 Å². The molecule has 1 aliphatic heterocycles. The largest absolute Gasteiger partial charge is 1.00 e. The molecule has 1 nitrogen and oxygen atoms in total. The van der Waals surface area contributed by atoms with Crippen LogP contribution in [0.15, 0.2) is 0 Å². The van der Waals surface area contributed by atoms with Crippen molar-refractivity contribution in [2.75, 3.05) is 13.6 Å². The molecule has 0 radical (unpaired) electrons. The van der Waals surface area contributed by atoms with Gasteiger partial charge in [-0.3, -0.25) is 0 Å². The van der Waals surface area contributed by atoms with Gasteiger partial charge in [0.05, 0.1) is 0 Å². The van der Waals surface area contributed by atoms with Gasteiger partial charge in [0.2, 0.25) is 0 Å². The van der Waals surface area contributed by atoms with E-state index in [2.05, 4.69) is 32.7 Å². The third kappa shape index (κ3) is 2.78. The fraction of sp³-hybridized carbons (Fsp3) is 1.00. The van der Waals surface area contributed by atoms with Crippen molar-refractivity contribution in [3.63, 3.8) is 0 Å². The van der Waals surface area contributed by atoms with Gasteiger partial charge in [0, 0.05) is 5.54 Å². The van der Waals surface area contributed by atoms with Crippen LogP contribution >= 0.6 is 0 Å². The van der Waals surface area contributed by atoms with Gasteiger partial charge in [-0.15, -0.1) is 0 Å². The van der Waals surface area contributed by atoms with Gasteiger partial charge in [-0.25, -0.2) is 0 Å². The summed E-state index contributed by atoms with van der Waals surface area (Å²) in [5, 5.41) is 0. The maximum atomic E-state index is 2.47. The zero-order valence-corrected chi connectivity index (χ0v) is 11.8. The summed E-state index contributed by atoms with van der Waals surface area (Å²) >= 11 is 0. The predicted octanol–water partition coefficient (Wildman–Crippen LogP) is -0.757. The van der Waals surface area contributed by atoms with E-state index in [0.717, 1.165) is 5.92 Å². The molecule has 0 aromatic rings. The van der Waals surface area contributed by atoms with Crippen molar-refractivity contribution in [3.8, 4) is 0 Å². The molecule has 0 bridgehead atoms. The molecule has 1 atom stereocenters. The first kappa shape index (κ1) is 12.6. The van der Waals surface area contributed by atoms with Crippen molar-refractivity contribution in [2.45, 2.75) is 39.2 Å². The molecule has 1 unspecified atom stereocenters. The number of piperidine rings is 1. The van der Waals surface area contributed by atoms with E-state index in [1.165, 1.54) is 19.4 Å². The molecule has 1 aliphatic rings. The van der Waals surface area contributed by atoms with E-state index in [4.69, 9.17) is 0 Å². The van der Waals surface area contributed by atoms with Crippen LogP contribution in [0.5, 0.6) is 0 Å². The quantitative estimate of drug-likeness (QED) is 0.444. The Morgan fingerprint density at radius 1 is 1.45 bits per heavy atom. The van der Waals surface area contributed by atoms with Crippen LogP contribution in [0.25, 0.3) is 0 Å². The first-order valence-electron chi connectivity index (χ1n) is 4.26. The molecule has 0 saturated carbocycles. The van der Waals surface area contributed by atoms with Crippen LogP contribution in [-0.4, -0.2) is 24.0 Å². The monoisotopic (exact) mass is 181 g/mol. The average Bonchev–Trinajstić information content (AvgIpc) is 1.84. The van der Waals surface area contributed by atoms with Crippen LogP contribution in [0.4, 0.5) is 0 Å². The third-order valence-electron chi connectivity index (χ3n) is 3.32. The van der Waals surface area contributed by atoms with Gasteiger partial charge in [-0.05, 0) is 46.2 Å². The summed E-state index contributed by atoms with van der Waals surface area (Å²) in [6, 6.07) is 0. The molecule has 0 aliphatic carbocycles. The maximum absolute atomic E-state index is 2.47. The Morgan fingerprint density at radius 2 is 2.00 bits per heavy atom. The maximum Gasteiger partial charge on any atom is 1.00 e. The summed E-state index contributed by atoms with van der Waals surface area (Å²) in [6.07, 6.45) is 2.78. The van der Waals surface area contributed by atoms with Crippen LogP contribution in [0, 0.1) is 5.92 Å². The van der Waals surface area contributed by atoms with Crippen LogP contribution in [0.2, 0.25) is 0 Å². The molecule has 0 aromatic heterocycles. The van der Waals surface area contributed by atoms with Crippen molar-refractivity contribution in [1.82, 2.24) is 4.90 Å². The molecule has 0 spiro atoms. The molecular formula is C9H20KN. The van der Waals surface area contributed by atoms with Crippen molar-refractivity contribution in [1.29, 1.82) is 0 Å². The average molecular weight is 181 g/mol. The summed E-state index contributed by atoms with van der Waals surface area (Å²) in [4.78, 5) is 2.47. The van der Waals surface area contributed by atoms with Gasteiger partial charge in [-0.2, -0.15) is 0 Å². The van der Waals surface area contributed by atoms with E-state index in [9.17, 15) is 0 Å². The fourth-order valence-corrected chi connectivity index (χ4v) is 1.65. The van der Waals surface area contributed by atoms with Crippen molar-refractivity contribution >= 4 is 0 Å². The van der Waals surface area contributed by atoms with Crippen LogP contribution in [-0.2, 0) is 0 Å². The van der Waals surface area contributed by atoms with E-state index < -0.39 is 0 Å². The molecule has 1 fully saturated rings. The summed E-state index contributed by atoms with van der Waals surface area (Å²) < 4.78 is 0. The topological polar surface area (TPSA) is 3.24 Å². The smallest absolute Gasteiger partial charge is 1.00 e. The van der Waals surface area contributed by atoms with Gasteiger partial charge in [0.25, 0.3) is 0 Å². The second-order valence-electron chi connectivity index (χ2n) is 4.12. The predicted molar refractivity (Wildman–Crippen MR) is 46.2 cm³/mol. The summed E-state index contributed by atoms with van der Waals surface area (Å²) in [5.41, 5.74) is 0.429. The van der Waals surface area contributed by atoms with Crippen LogP contribution in [0.3, 0.4) is 0 Å². The van der Waals surface area contributed by atoms with Gasteiger partial charge in [0.15, 0.2) is 0 Å². The first-order chi connectivity index (χ1) is 4.55. The zero-order chi connectivity index (χ0) is 7.78. The Kier molecular flexibility index (Phi) is 5.41. The Bertz CT molecular complexity index is 116. The SMILES string of the molecule is CC1CCCN(C)C1(C)C.[H-].[K+]. The van der Waals surface area contributed by atoms with E-state index in [1.807, 2.05) is 0 Å². The number of likely N-dealkylation sites (tertiary alicyclic amines) is 1. The number of nitrogens with zero attached hydrogens (tertiary/aromatic N) is 1. The molecule has 0 N–H and O–H groups in total. The number of hydrogen-bond donors (Lipinski definition) is 0. The Balaban J connectivity index is 0. The molecule has 1 rings (SSSR count). The molecule has 11 heavy (non-hydrogen) atoms. The van der Waals surface area contributed by atoms with Gasteiger partial charge in [0.1, 0.15) is 0 Å². The van der Waals surface area contributed by atoms with Crippen LogP contribution < -0.4 is 51.4 Å². The van der Waals surface area contributed by atoms with E-state index in [1.54, 1.807) is 0 Å². The molecule has 1 saturated heterocycles. The summed E-state index contributed by atoms with van der Waals surface area (Å²) in [5.74, 6) is 0.853. The van der Waals surface area contributed by atoms with Crippen molar-refractivity contribution in [3.05, 3.63) is 0 Å². The normalized spacial score (nSPS) is 31.1. The third-order valence-corrected chi connectivity index (χ3v) is 3.32. The Labute approximate surface area is 115 Å². The Hall–Kier alpha value is 1.60. The minimum atomic E-state index is 0. The van der Waals surface area contributed by atoms with Gasteiger partial charge >= 0.3 is 51.4 Å². The Morgan fingerprint density at radius 3 is 2.36 bits per heavy atom. The standard InChI is InChI=1S/C9H19N.K.H/c1-8-6-5-7-10(4)9(8,2)3;;/h8H,5-7H2,1-4H3;;/q;+1;-1. The second kappa shape index (κ2) is 4.73. The van der Waals surface area contributed by atoms with Crippen molar-refractivity contribution < 1.29 is 52.8 Å². The number of rotatable bonds is 0. The summed E-state index contributed by atoms with van der Waals surface area (Å²) in [6.45, 7) is 8.32. The zero-order valence-electron chi connectivity index (χ0n) is 9.65. The van der Waals surface area contributed by atoms with Gasteiger partial charge < -0.3 is 6.33 Å². The molecular weight excluding hydrogens is 161 g/mol. The van der Waals surface area contributed by atoms with Gasteiger partial charge in [-0.1, -0.05) is 6.92 Å². The van der Waals surface area contributed by atoms with Crippen molar-refractivity contribution in [2.24, 2.45) is 5.92 Å². The first-order valence-corrected chi connectivity index (χ1v) is 4.26.